The highest BCUT2D eigenvalue weighted by Crippen LogP contribution is 2.14. The molecule has 0 aliphatic carbocycles. The number of rotatable bonds is 23. The fraction of sp³-hybridized carbons (Fsp3) is 0.588. The molecule has 0 atom stereocenters. The van der Waals surface area contributed by atoms with Gasteiger partial charge in [0.25, 0.3) is 0 Å². The summed E-state index contributed by atoms with van der Waals surface area (Å²) in [6, 6.07) is 20.0. The van der Waals surface area contributed by atoms with E-state index >= 15 is 0 Å². The van der Waals surface area contributed by atoms with Gasteiger partial charge in [-0.3, -0.25) is 10.2 Å². The zero-order valence-corrected chi connectivity index (χ0v) is 24.1. The second-order valence-electron chi connectivity index (χ2n) is 10.6. The Hall–Kier alpha value is -2.62. The van der Waals surface area contributed by atoms with Crippen LogP contribution in [0.1, 0.15) is 128 Å². The molecule has 210 valence electrons. The lowest BCUT2D eigenvalue weighted by Crippen LogP contribution is -2.25. The lowest BCUT2D eigenvalue weighted by Gasteiger charge is -2.09. The number of nitrogens with one attached hydrogen (secondary N) is 2. The summed E-state index contributed by atoms with van der Waals surface area (Å²) in [6.45, 7) is 3.06. The van der Waals surface area contributed by atoms with Gasteiger partial charge in [0.2, 0.25) is 5.91 Å². The predicted octanol–water partition coefficient (Wildman–Crippen LogP) is 9.66. The zero-order chi connectivity index (χ0) is 26.9. The molecule has 2 rings (SSSR count). The lowest BCUT2D eigenvalue weighted by molar-refractivity contribution is -0.120. The van der Waals surface area contributed by atoms with Gasteiger partial charge in [0, 0.05) is 19.4 Å². The van der Waals surface area contributed by atoms with Crippen molar-refractivity contribution in [1.29, 1.82) is 0 Å². The first-order valence-electron chi connectivity index (χ1n) is 15.5. The van der Waals surface area contributed by atoms with Crippen molar-refractivity contribution in [1.82, 2.24) is 5.32 Å². The van der Waals surface area contributed by atoms with Gasteiger partial charge in [-0.2, -0.15) is 5.10 Å². The number of carbonyl (C=O) groups excluding carboxylic acids is 1. The van der Waals surface area contributed by atoms with Crippen LogP contribution in [0.25, 0.3) is 0 Å². The van der Waals surface area contributed by atoms with Crippen LogP contribution in [-0.2, 0) is 4.79 Å². The van der Waals surface area contributed by atoms with Gasteiger partial charge >= 0.3 is 0 Å². The van der Waals surface area contributed by atoms with E-state index in [0.717, 1.165) is 29.9 Å². The van der Waals surface area contributed by atoms with Crippen LogP contribution in [0.5, 0.6) is 0 Å². The Balaban J connectivity index is 1.46. The second-order valence-corrected chi connectivity index (χ2v) is 10.6. The smallest absolute Gasteiger partial charge is 0.220 e. The van der Waals surface area contributed by atoms with E-state index in [-0.39, 0.29) is 5.91 Å². The third kappa shape index (κ3) is 16.3. The number of para-hydroxylation sites is 1. The van der Waals surface area contributed by atoms with E-state index in [1.807, 2.05) is 60.7 Å². The molecule has 0 fully saturated rings. The summed E-state index contributed by atoms with van der Waals surface area (Å²) in [5, 5.41) is 7.70. The van der Waals surface area contributed by atoms with E-state index in [1.54, 1.807) is 0 Å². The molecule has 0 aliphatic rings. The summed E-state index contributed by atoms with van der Waals surface area (Å²) in [4.78, 5) is 12.4. The number of nitrogens with zero attached hydrogens (tertiary/aromatic N) is 1. The van der Waals surface area contributed by atoms with Gasteiger partial charge in [-0.15, -0.1) is 0 Å². The third-order valence-electron chi connectivity index (χ3n) is 7.14. The van der Waals surface area contributed by atoms with Gasteiger partial charge in [-0.1, -0.05) is 152 Å². The standard InChI is InChI=1S/C34H53N3O/c1-2-3-4-5-6-7-8-9-10-11-12-13-14-15-16-23-30-35-34(38)29-28-33(31-24-19-17-20-25-31)37-36-32-26-21-18-22-27-32/h17-22,24-27,36H,2-16,23,28-30H2,1H3,(H,35,38)/b37-33-. The molecule has 2 aromatic rings. The van der Waals surface area contributed by atoms with Crippen molar-refractivity contribution in [2.75, 3.05) is 12.0 Å². The first kappa shape index (κ1) is 31.6. The Labute approximate surface area is 233 Å². The molecule has 0 heterocycles. The number of benzene rings is 2. The van der Waals surface area contributed by atoms with E-state index in [0.29, 0.717) is 12.8 Å². The summed E-state index contributed by atoms with van der Waals surface area (Å²) in [7, 11) is 0. The molecule has 0 aliphatic heterocycles. The molecule has 0 aromatic heterocycles. The SMILES string of the molecule is CCCCCCCCCCCCCCCCCCNC(=O)CC/C(=N/Nc1ccccc1)c1ccccc1. The Bertz CT molecular complexity index is 851. The highest BCUT2D eigenvalue weighted by molar-refractivity contribution is 6.02. The van der Waals surface area contributed by atoms with Gasteiger partial charge in [-0.25, -0.2) is 0 Å². The Kier molecular flexibility index (Phi) is 18.6. The van der Waals surface area contributed by atoms with Crippen LogP contribution in [0, 0.1) is 0 Å². The largest absolute Gasteiger partial charge is 0.356 e. The number of anilines is 1. The molecule has 4 nitrogen and oxygen atoms in total. The van der Waals surface area contributed by atoms with Crippen molar-refractivity contribution >= 4 is 17.3 Å². The van der Waals surface area contributed by atoms with Gasteiger partial charge in [0.1, 0.15) is 0 Å². The van der Waals surface area contributed by atoms with E-state index in [4.69, 9.17) is 0 Å². The number of hydrogen-bond acceptors (Lipinski definition) is 3. The Morgan fingerprint density at radius 1 is 0.605 bits per heavy atom. The molecule has 4 heteroatoms. The second kappa shape index (κ2) is 22.4. The van der Waals surface area contributed by atoms with Crippen LogP contribution in [0.15, 0.2) is 65.8 Å². The minimum Gasteiger partial charge on any atom is -0.356 e. The van der Waals surface area contributed by atoms with Crippen molar-refractivity contribution in [3.05, 3.63) is 66.2 Å². The van der Waals surface area contributed by atoms with Crippen molar-refractivity contribution in [2.24, 2.45) is 5.10 Å². The summed E-state index contributed by atoms with van der Waals surface area (Å²) in [5.74, 6) is 0.106. The molecule has 0 spiro atoms. The molecule has 2 aromatic carbocycles. The van der Waals surface area contributed by atoms with Crippen LogP contribution >= 0.6 is 0 Å². The quantitative estimate of drug-likeness (QED) is 0.0872. The average molecular weight is 520 g/mol. The third-order valence-corrected chi connectivity index (χ3v) is 7.14. The van der Waals surface area contributed by atoms with Crippen LogP contribution in [0.2, 0.25) is 0 Å². The minimum atomic E-state index is 0.106. The van der Waals surface area contributed by atoms with Crippen molar-refractivity contribution < 1.29 is 4.79 Å². The van der Waals surface area contributed by atoms with Gasteiger partial charge in [-0.05, 0) is 24.1 Å². The normalized spacial score (nSPS) is 11.4. The predicted molar refractivity (Wildman–Crippen MR) is 165 cm³/mol. The molecule has 0 radical (unpaired) electrons. The van der Waals surface area contributed by atoms with Gasteiger partial charge in [0.05, 0.1) is 11.4 Å². The van der Waals surface area contributed by atoms with E-state index in [9.17, 15) is 4.79 Å². The molecule has 2 N–H and O–H groups in total. The molecular weight excluding hydrogens is 466 g/mol. The molecule has 0 unspecified atom stereocenters. The molecular formula is C34H53N3O. The highest BCUT2D eigenvalue weighted by atomic mass is 16.1. The van der Waals surface area contributed by atoms with E-state index < -0.39 is 0 Å². The van der Waals surface area contributed by atoms with Crippen LogP contribution in [-0.4, -0.2) is 18.2 Å². The lowest BCUT2D eigenvalue weighted by atomic mass is 10.0. The van der Waals surface area contributed by atoms with Crippen molar-refractivity contribution in [3.8, 4) is 0 Å². The van der Waals surface area contributed by atoms with Crippen molar-refractivity contribution in [3.63, 3.8) is 0 Å². The first-order valence-corrected chi connectivity index (χ1v) is 15.5. The molecule has 0 saturated heterocycles. The summed E-state index contributed by atoms with van der Waals surface area (Å²) in [6.07, 6.45) is 22.9. The fourth-order valence-corrected chi connectivity index (χ4v) is 4.76. The monoisotopic (exact) mass is 519 g/mol. The molecule has 0 bridgehead atoms. The maximum absolute atomic E-state index is 12.4. The maximum Gasteiger partial charge on any atom is 0.220 e. The zero-order valence-electron chi connectivity index (χ0n) is 24.1. The molecule has 1 amide bonds. The van der Waals surface area contributed by atoms with Gasteiger partial charge in [0.15, 0.2) is 0 Å². The number of unbranched alkanes of at least 4 members (excludes halogenated alkanes) is 15. The van der Waals surface area contributed by atoms with Crippen molar-refractivity contribution in [2.45, 2.75) is 122 Å². The van der Waals surface area contributed by atoms with Crippen LogP contribution in [0.3, 0.4) is 0 Å². The number of hydrogen-bond donors (Lipinski definition) is 2. The van der Waals surface area contributed by atoms with Crippen LogP contribution in [0.4, 0.5) is 5.69 Å². The van der Waals surface area contributed by atoms with E-state index in [2.05, 4.69) is 22.8 Å². The molecule has 38 heavy (non-hydrogen) atoms. The summed E-state index contributed by atoms with van der Waals surface area (Å²) in [5.41, 5.74) is 6.00. The molecule has 0 saturated carbocycles. The fourth-order valence-electron chi connectivity index (χ4n) is 4.76. The topological polar surface area (TPSA) is 53.5 Å². The van der Waals surface area contributed by atoms with Crippen LogP contribution < -0.4 is 10.7 Å². The Morgan fingerprint density at radius 3 is 1.61 bits per heavy atom. The highest BCUT2D eigenvalue weighted by Gasteiger charge is 2.08. The van der Waals surface area contributed by atoms with E-state index in [1.165, 1.54) is 96.3 Å². The summed E-state index contributed by atoms with van der Waals surface area (Å²) >= 11 is 0. The number of amides is 1. The average Bonchev–Trinajstić information content (AvgIpc) is 2.95. The van der Waals surface area contributed by atoms with Gasteiger partial charge < -0.3 is 5.32 Å². The Morgan fingerprint density at radius 2 is 1.08 bits per heavy atom. The first-order chi connectivity index (χ1) is 18.8. The number of hydrazone groups is 1. The minimum absolute atomic E-state index is 0.106. The maximum atomic E-state index is 12.4. The summed E-state index contributed by atoms with van der Waals surface area (Å²) < 4.78 is 0. The number of carbonyl (C=O) groups is 1.